The number of nitrogens with zero attached hydrogens (tertiary/aromatic N) is 2. The number of carbonyl (C=O) groups is 4. The smallest absolute Gasteiger partial charge is 0.313 e. The first-order valence-corrected chi connectivity index (χ1v) is 17.2. The molecular weight excluding hydrogens is 658 g/mol. The fourth-order valence-corrected chi connectivity index (χ4v) is 8.10. The number of cyclic esters (lactones) is 1. The molecule has 3 aromatic carbocycles. The third-order valence-electron chi connectivity index (χ3n) is 10.1. The summed E-state index contributed by atoms with van der Waals surface area (Å²) in [4.78, 5) is 60.3. The maximum Gasteiger partial charge on any atom is 0.313 e. The summed E-state index contributed by atoms with van der Waals surface area (Å²) in [6, 6.07) is 22.2. The highest BCUT2D eigenvalue weighted by Crippen LogP contribution is 2.57. The molecule has 10 nitrogen and oxygen atoms in total. The first kappa shape index (κ1) is 33.7. The van der Waals surface area contributed by atoms with Crippen LogP contribution in [0.3, 0.4) is 0 Å². The van der Waals surface area contributed by atoms with Gasteiger partial charge < -0.3 is 29.7 Å². The minimum atomic E-state index is -1.54. The van der Waals surface area contributed by atoms with Gasteiger partial charge in [-0.3, -0.25) is 19.2 Å². The minimum absolute atomic E-state index is 0.0731. The Morgan fingerprint density at radius 2 is 1.64 bits per heavy atom. The van der Waals surface area contributed by atoms with E-state index < -0.39 is 72.2 Å². The van der Waals surface area contributed by atoms with E-state index in [0.717, 1.165) is 0 Å². The second kappa shape index (κ2) is 13.9. The van der Waals surface area contributed by atoms with Crippen LogP contribution in [0.15, 0.2) is 109 Å². The van der Waals surface area contributed by atoms with Gasteiger partial charge >= 0.3 is 5.97 Å². The number of esters is 1. The molecule has 0 unspecified atom stereocenters. The second-order valence-corrected chi connectivity index (χ2v) is 13.5. The maximum atomic E-state index is 15.2. The number of amides is 3. The summed E-state index contributed by atoms with van der Waals surface area (Å²) in [5.74, 6) is -4.14. The number of halogens is 1. The Balaban J connectivity index is 1.37. The molecule has 0 radical (unpaired) electrons. The fraction of sp³-hybridized carbons (Fsp3) is 0.333. The lowest BCUT2D eigenvalue weighted by Gasteiger charge is -2.39. The van der Waals surface area contributed by atoms with E-state index in [1.165, 1.54) is 9.80 Å². The van der Waals surface area contributed by atoms with Crippen molar-refractivity contribution in [2.24, 2.45) is 11.8 Å². The molecule has 0 saturated carbocycles. The number of hydrogen-bond acceptors (Lipinski definition) is 7. The van der Waals surface area contributed by atoms with Crippen LogP contribution in [0.4, 0.5) is 5.69 Å². The summed E-state index contributed by atoms with van der Waals surface area (Å²) in [5, 5.41) is 14.2. The van der Waals surface area contributed by atoms with Crippen LogP contribution < -0.4 is 10.2 Å². The first-order chi connectivity index (χ1) is 24.2. The molecule has 5 bridgehead atoms. The molecule has 4 heterocycles. The highest BCUT2D eigenvalue weighted by molar-refractivity contribution is 6.34. The number of aliphatic hydroxyl groups excluding tert-OH is 1. The van der Waals surface area contributed by atoms with Gasteiger partial charge in [0.05, 0.1) is 41.4 Å². The molecule has 2 N–H and O–H groups in total. The van der Waals surface area contributed by atoms with Gasteiger partial charge in [-0.05, 0) is 36.6 Å². The number of fused-ring (bicyclic) bond motifs is 2. The number of nitrogens with one attached hydrogen (secondary N) is 1. The molecule has 0 aliphatic carbocycles. The molecule has 3 aromatic rings. The quantitative estimate of drug-likeness (QED) is 0.293. The number of rotatable bonds is 5. The van der Waals surface area contributed by atoms with Gasteiger partial charge in [0, 0.05) is 13.0 Å². The Morgan fingerprint density at radius 3 is 2.36 bits per heavy atom. The van der Waals surface area contributed by atoms with Gasteiger partial charge in [0.15, 0.2) is 0 Å². The molecule has 2 saturated heterocycles. The van der Waals surface area contributed by atoms with Gasteiger partial charge in [-0.2, -0.15) is 0 Å². The van der Waals surface area contributed by atoms with E-state index in [0.29, 0.717) is 28.3 Å². The van der Waals surface area contributed by atoms with E-state index >= 15 is 4.79 Å². The first-order valence-electron chi connectivity index (χ1n) is 16.9. The number of allylic oxidation sites excluding steroid dienone is 1. The zero-order chi connectivity index (χ0) is 35.0. The molecular formula is C39H38ClN3O7. The largest absolute Gasteiger partial charge is 0.455 e. The van der Waals surface area contributed by atoms with Gasteiger partial charge in [-0.15, -0.1) is 0 Å². The summed E-state index contributed by atoms with van der Waals surface area (Å²) in [7, 11) is 0. The number of hydrogen-bond donors (Lipinski definition) is 2. The van der Waals surface area contributed by atoms with Gasteiger partial charge in [-0.25, -0.2) is 0 Å². The van der Waals surface area contributed by atoms with Gasteiger partial charge in [-0.1, -0.05) is 109 Å². The van der Waals surface area contributed by atoms with Crippen molar-refractivity contribution in [2.75, 3.05) is 18.1 Å². The minimum Gasteiger partial charge on any atom is -0.455 e. The number of anilines is 1. The highest BCUT2D eigenvalue weighted by Gasteiger charge is 2.74. The Bertz CT molecular complexity index is 1840. The number of para-hydroxylation sites is 1. The van der Waals surface area contributed by atoms with Crippen molar-refractivity contribution in [3.05, 3.63) is 125 Å². The number of aliphatic hydroxyl groups is 1. The average molecular weight is 696 g/mol. The average Bonchev–Trinajstić information content (AvgIpc) is 3.77. The van der Waals surface area contributed by atoms with Crippen molar-refractivity contribution in [2.45, 2.75) is 55.7 Å². The van der Waals surface area contributed by atoms with Crippen LogP contribution in [-0.4, -0.2) is 70.6 Å². The zero-order valence-electron chi connectivity index (χ0n) is 27.4. The second-order valence-electron chi connectivity index (χ2n) is 13.1. The van der Waals surface area contributed by atoms with Gasteiger partial charge in [0.2, 0.25) is 11.8 Å². The molecule has 11 heteroatoms. The van der Waals surface area contributed by atoms with Crippen molar-refractivity contribution < 1.29 is 33.8 Å². The van der Waals surface area contributed by atoms with E-state index in [4.69, 9.17) is 21.1 Å². The third kappa shape index (κ3) is 5.81. The van der Waals surface area contributed by atoms with Crippen molar-refractivity contribution in [3.8, 4) is 0 Å². The summed E-state index contributed by atoms with van der Waals surface area (Å²) in [6.45, 7) is 1.36. The normalized spacial score (nSPS) is 30.9. The van der Waals surface area contributed by atoms with E-state index in [2.05, 4.69) is 5.32 Å². The lowest BCUT2D eigenvalue weighted by Crippen LogP contribution is -2.57. The molecule has 4 aliphatic rings. The van der Waals surface area contributed by atoms with Gasteiger partial charge in [0.25, 0.3) is 5.91 Å². The molecule has 2 fully saturated rings. The predicted octanol–water partition coefficient (Wildman–Crippen LogP) is 4.70. The van der Waals surface area contributed by atoms with E-state index in [1.54, 1.807) is 73.7 Å². The molecule has 0 aromatic heterocycles. The van der Waals surface area contributed by atoms with E-state index in [1.807, 2.05) is 42.5 Å². The van der Waals surface area contributed by atoms with Crippen LogP contribution in [-0.2, 0) is 28.7 Å². The van der Waals surface area contributed by atoms with Crippen LogP contribution >= 0.6 is 11.6 Å². The molecule has 50 heavy (non-hydrogen) atoms. The van der Waals surface area contributed by atoms with Crippen molar-refractivity contribution in [1.82, 2.24) is 10.2 Å². The van der Waals surface area contributed by atoms with Crippen LogP contribution in [0.1, 0.15) is 43.0 Å². The zero-order valence-corrected chi connectivity index (χ0v) is 28.2. The van der Waals surface area contributed by atoms with Gasteiger partial charge in [0.1, 0.15) is 23.7 Å². The summed E-state index contributed by atoms with van der Waals surface area (Å²) < 4.78 is 12.8. The van der Waals surface area contributed by atoms with Crippen molar-refractivity contribution in [3.63, 3.8) is 0 Å². The monoisotopic (exact) mass is 695 g/mol. The highest BCUT2D eigenvalue weighted by atomic mass is 35.5. The predicted molar refractivity (Wildman–Crippen MR) is 186 cm³/mol. The van der Waals surface area contributed by atoms with Crippen LogP contribution in [0.5, 0.6) is 0 Å². The Labute approximate surface area is 295 Å². The Kier molecular flexibility index (Phi) is 9.34. The standard InChI is InChI=1S/C39H38ClN3O7/c1-24-34(26-15-7-3-8-16-26)49-38(48)32-30-20-21-39(50-30)33(32)36(46)43(29(23-44)25-13-5-2-6-14-25)35(39)37(47)42(28-18-11-10-17-27(28)40)22-12-4-9-19-31(45)41-24/h2-8,10-18,20-21,24,29-30,32-35,44H,9,19,22-23H2,1H3,(H,41,45)/b12-4-/t24-,29+,30+,32-,33-,34+,35+,39-/m0/s1. The maximum absolute atomic E-state index is 15.2. The summed E-state index contributed by atoms with van der Waals surface area (Å²) in [6.07, 6.45) is 5.89. The van der Waals surface area contributed by atoms with E-state index in [9.17, 15) is 19.5 Å². The number of likely N-dealkylation sites (tertiary alicyclic amines) is 1. The molecule has 8 atom stereocenters. The van der Waals surface area contributed by atoms with Crippen LogP contribution in [0.25, 0.3) is 0 Å². The Morgan fingerprint density at radius 1 is 0.940 bits per heavy atom. The molecule has 4 aliphatic heterocycles. The van der Waals surface area contributed by atoms with E-state index in [-0.39, 0.29) is 18.9 Å². The molecule has 7 rings (SSSR count). The SMILES string of the molecule is C[C@@H]1NC(=O)CC/C=C\CN(c2ccccc2Cl)C(=O)[C@H]2N([C@H](CO)c3ccccc3)C(=O)[C@@H]3[C@@H](C(=O)O[C@H]1c1ccccc1)[C@H]1C=C[C@]32O1. The van der Waals surface area contributed by atoms with Crippen LogP contribution in [0, 0.1) is 11.8 Å². The lowest BCUT2D eigenvalue weighted by molar-refractivity contribution is -0.161. The molecule has 3 amide bonds. The van der Waals surface area contributed by atoms with Crippen LogP contribution in [0.2, 0.25) is 5.02 Å². The van der Waals surface area contributed by atoms with Crippen molar-refractivity contribution >= 4 is 41.0 Å². The molecule has 1 spiro atoms. The molecule has 258 valence electrons. The number of carbonyl (C=O) groups excluding carboxylic acids is 4. The third-order valence-corrected chi connectivity index (χ3v) is 10.4. The topological polar surface area (TPSA) is 125 Å². The number of benzene rings is 3. The lowest BCUT2D eigenvalue weighted by atomic mass is 9.74. The Hall–Kier alpha value is -4.77. The summed E-state index contributed by atoms with van der Waals surface area (Å²) >= 11 is 6.68. The summed E-state index contributed by atoms with van der Waals surface area (Å²) in [5.41, 5.74) is 0.173. The number of ether oxygens (including phenoxy) is 2. The fourth-order valence-electron chi connectivity index (χ4n) is 7.87. The van der Waals surface area contributed by atoms with Crippen molar-refractivity contribution in [1.29, 1.82) is 0 Å².